The zero-order chi connectivity index (χ0) is 13.7. The molecule has 0 fully saturated rings. The van der Waals surface area contributed by atoms with Crippen LogP contribution in [0.1, 0.15) is 11.1 Å². The van der Waals surface area contributed by atoms with Gasteiger partial charge in [0.2, 0.25) is 0 Å². The van der Waals surface area contributed by atoms with Crippen LogP contribution in [0.25, 0.3) is 0 Å². The molecule has 0 aliphatic rings. The summed E-state index contributed by atoms with van der Waals surface area (Å²) in [7, 11) is 1.98. The van der Waals surface area contributed by atoms with E-state index < -0.39 is 0 Å². The summed E-state index contributed by atoms with van der Waals surface area (Å²) in [5.41, 5.74) is 2.45. The van der Waals surface area contributed by atoms with Crippen LogP contribution in [0, 0.1) is 0 Å². The zero-order valence-corrected chi connectivity index (χ0v) is 13.1. The van der Waals surface area contributed by atoms with Crippen LogP contribution in [0.15, 0.2) is 47.2 Å². The number of nitrogens with one attached hydrogen (secondary N) is 1. The van der Waals surface area contributed by atoms with Gasteiger partial charge in [-0.2, -0.15) is 0 Å². The van der Waals surface area contributed by atoms with Gasteiger partial charge in [-0.3, -0.25) is 4.98 Å². The van der Waals surface area contributed by atoms with Crippen LogP contribution in [-0.2, 0) is 12.8 Å². The van der Waals surface area contributed by atoms with Gasteiger partial charge in [-0.05, 0) is 49.2 Å². The van der Waals surface area contributed by atoms with Crippen LogP contribution >= 0.6 is 27.5 Å². The van der Waals surface area contributed by atoms with Crippen molar-refractivity contribution in [2.24, 2.45) is 0 Å². The summed E-state index contributed by atoms with van der Waals surface area (Å²) in [6.07, 6.45) is 5.35. The average molecular weight is 340 g/mol. The predicted octanol–water partition coefficient (Wildman–Crippen LogP) is 3.87. The van der Waals surface area contributed by atoms with E-state index in [0.29, 0.717) is 6.04 Å². The number of hydrogen-bond donors (Lipinski definition) is 1. The summed E-state index contributed by atoms with van der Waals surface area (Å²) >= 11 is 9.60. The molecule has 0 bridgehead atoms. The van der Waals surface area contributed by atoms with Crippen molar-refractivity contribution in [1.29, 1.82) is 0 Å². The highest BCUT2D eigenvalue weighted by atomic mass is 79.9. The summed E-state index contributed by atoms with van der Waals surface area (Å²) in [4.78, 5) is 4.01. The minimum Gasteiger partial charge on any atom is -0.316 e. The molecule has 1 aromatic carbocycles. The molecule has 2 rings (SSSR count). The van der Waals surface area contributed by atoms with Crippen molar-refractivity contribution < 1.29 is 0 Å². The summed E-state index contributed by atoms with van der Waals surface area (Å²) in [5.74, 6) is 0. The predicted molar refractivity (Wildman–Crippen MR) is 83.6 cm³/mol. The molecule has 0 saturated carbocycles. The lowest BCUT2D eigenvalue weighted by Crippen LogP contribution is -2.30. The molecule has 4 heteroatoms. The summed E-state index contributed by atoms with van der Waals surface area (Å²) in [6, 6.07) is 10.8. The first-order valence-corrected chi connectivity index (χ1v) is 7.36. The van der Waals surface area contributed by atoms with E-state index in [1.54, 1.807) is 12.4 Å². The number of pyridine rings is 1. The molecule has 100 valence electrons. The molecule has 2 nitrogen and oxygen atoms in total. The molecule has 0 saturated heterocycles. The van der Waals surface area contributed by atoms with Gasteiger partial charge in [0, 0.05) is 22.9 Å². The van der Waals surface area contributed by atoms with Gasteiger partial charge < -0.3 is 5.32 Å². The Kier molecular flexibility index (Phi) is 5.37. The van der Waals surface area contributed by atoms with Crippen LogP contribution in [0.5, 0.6) is 0 Å². The smallest absolute Gasteiger partial charge is 0.0621 e. The third-order valence-corrected chi connectivity index (χ3v) is 4.00. The number of rotatable bonds is 5. The second kappa shape index (κ2) is 7.04. The summed E-state index contributed by atoms with van der Waals surface area (Å²) in [6.45, 7) is 0. The quantitative estimate of drug-likeness (QED) is 0.894. The van der Waals surface area contributed by atoms with E-state index >= 15 is 0 Å². The van der Waals surface area contributed by atoms with E-state index in [4.69, 9.17) is 11.6 Å². The lowest BCUT2D eigenvalue weighted by Gasteiger charge is -2.17. The number of likely N-dealkylation sites (N-methyl/N-ethyl adjacent to an activating group) is 1. The Hall–Kier alpha value is -0.900. The summed E-state index contributed by atoms with van der Waals surface area (Å²) < 4.78 is 1.11. The highest BCUT2D eigenvalue weighted by Crippen LogP contribution is 2.17. The van der Waals surface area contributed by atoms with E-state index in [-0.39, 0.29) is 0 Å². The third kappa shape index (κ3) is 4.30. The molecule has 0 aliphatic heterocycles. The molecule has 0 aliphatic carbocycles. The van der Waals surface area contributed by atoms with Gasteiger partial charge >= 0.3 is 0 Å². The second-order valence-corrected chi connectivity index (χ2v) is 5.81. The molecule has 1 unspecified atom stereocenters. The Morgan fingerprint density at radius 1 is 1.21 bits per heavy atom. The van der Waals surface area contributed by atoms with Crippen molar-refractivity contribution in [2.45, 2.75) is 18.9 Å². The second-order valence-electron chi connectivity index (χ2n) is 4.49. The fraction of sp³-hybridized carbons (Fsp3) is 0.267. The monoisotopic (exact) mass is 338 g/mol. The van der Waals surface area contributed by atoms with Crippen molar-refractivity contribution in [3.05, 3.63) is 63.3 Å². The minimum absolute atomic E-state index is 0.362. The Bertz CT molecular complexity index is 528. The maximum atomic E-state index is 6.15. The molecule has 1 atom stereocenters. The van der Waals surface area contributed by atoms with E-state index in [1.807, 2.05) is 13.1 Å². The maximum Gasteiger partial charge on any atom is 0.0621 e. The standard InChI is InChI=1S/C15H16BrClN2/c1-18-14(8-11-2-4-13(16)5-3-11)9-12-6-7-19-10-15(12)17/h2-7,10,14,18H,8-9H2,1H3. The molecular formula is C15H16BrClN2. The van der Waals surface area contributed by atoms with Crippen molar-refractivity contribution in [3.63, 3.8) is 0 Å². The van der Waals surface area contributed by atoms with Crippen LogP contribution in [0.4, 0.5) is 0 Å². The first-order chi connectivity index (χ1) is 9.19. The van der Waals surface area contributed by atoms with Crippen molar-refractivity contribution in [2.75, 3.05) is 7.05 Å². The molecule has 1 aromatic heterocycles. The molecular weight excluding hydrogens is 324 g/mol. The average Bonchev–Trinajstić information content (AvgIpc) is 2.43. The number of hydrogen-bond acceptors (Lipinski definition) is 2. The van der Waals surface area contributed by atoms with Gasteiger partial charge in [0.05, 0.1) is 5.02 Å². The van der Waals surface area contributed by atoms with Gasteiger partial charge in [0.1, 0.15) is 0 Å². The van der Waals surface area contributed by atoms with Crippen molar-refractivity contribution in [3.8, 4) is 0 Å². The molecule has 0 radical (unpaired) electrons. The van der Waals surface area contributed by atoms with E-state index in [9.17, 15) is 0 Å². The van der Waals surface area contributed by atoms with E-state index in [0.717, 1.165) is 27.9 Å². The normalized spacial score (nSPS) is 12.4. The lowest BCUT2D eigenvalue weighted by molar-refractivity contribution is 0.556. The van der Waals surface area contributed by atoms with Crippen LogP contribution < -0.4 is 5.32 Å². The first-order valence-electron chi connectivity index (χ1n) is 6.19. The Balaban J connectivity index is 2.05. The van der Waals surface area contributed by atoms with Crippen LogP contribution in [0.3, 0.4) is 0 Å². The number of aromatic nitrogens is 1. The van der Waals surface area contributed by atoms with Crippen molar-refractivity contribution >= 4 is 27.5 Å². The number of halogens is 2. The fourth-order valence-corrected chi connectivity index (χ4v) is 2.48. The van der Waals surface area contributed by atoms with Gasteiger partial charge in [-0.15, -0.1) is 0 Å². The first kappa shape index (κ1) is 14.5. The Morgan fingerprint density at radius 2 is 1.95 bits per heavy atom. The molecule has 1 N–H and O–H groups in total. The zero-order valence-electron chi connectivity index (χ0n) is 10.7. The Labute approximate surface area is 127 Å². The molecule has 1 heterocycles. The largest absolute Gasteiger partial charge is 0.316 e. The van der Waals surface area contributed by atoms with Gasteiger partial charge in [0.25, 0.3) is 0 Å². The minimum atomic E-state index is 0.362. The SMILES string of the molecule is CNC(Cc1ccc(Br)cc1)Cc1ccncc1Cl. The van der Waals surface area contributed by atoms with E-state index in [1.165, 1.54) is 5.56 Å². The fourth-order valence-electron chi connectivity index (χ4n) is 2.02. The molecule has 0 amide bonds. The maximum absolute atomic E-state index is 6.15. The van der Waals surface area contributed by atoms with Gasteiger partial charge in [-0.25, -0.2) is 0 Å². The highest BCUT2D eigenvalue weighted by Gasteiger charge is 2.10. The molecule has 19 heavy (non-hydrogen) atoms. The Morgan fingerprint density at radius 3 is 2.58 bits per heavy atom. The van der Waals surface area contributed by atoms with Crippen molar-refractivity contribution in [1.82, 2.24) is 10.3 Å². The highest BCUT2D eigenvalue weighted by molar-refractivity contribution is 9.10. The summed E-state index contributed by atoms with van der Waals surface area (Å²) in [5, 5.41) is 4.08. The van der Waals surface area contributed by atoms with E-state index in [2.05, 4.69) is 50.5 Å². The van der Waals surface area contributed by atoms with Gasteiger partial charge in [0.15, 0.2) is 0 Å². The molecule has 0 spiro atoms. The van der Waals surface area contributed by atoms with Crippen LogP contribution in [-0.4, -0.2) is 18.1 Å². The van der Waals surface area contributed by atoms with Crippen LogP contribution in [0.2, 0.25) is 5.02 Å². The number of nitrogens with zero attached hydrogens (tertiary/aromatic N) is 1. The topological polar surface area (TPSA) is 24.9 Å². The number of benzene rings is 1. The third-order valence-electron chi connectivity index (χ3n) is 3.13. The van der Waals surface area contributed by atoms with Gasteiger partial charge in [-0.1, -0.05) is 39.7 Å². The molecule has 2 aromatic rings. The lowest BCUT2D eigenvalue weighted by atomic mass is 10.00.